The fourth-order valence-corrected chi connectivity index (χ4v) is 3.35. The molecule has 1 heterocycles. The molecule has 0 amide bonds. The minimum Gasteiger partial charge on any atom is -0.465 e. The molecule has 0 unspecified atom stereocenters. The van der Waals surface area contributed by atoms with Gasteiger partial charge in [-0.1, -0.05) is 12.1 Å². The molecule has 0 fully saturated rings. The summed E-state index contributed by atoms with van der Waals surface area (Å²) < 4.78 is 11.8. The van der Waals surface area contributed by atoms with Crippen molar-refractivity contribution in [1.29, 1.82) is 0 Å². The minimum atomic E-state index is -0.606. The summed E-state index contributed by atoms with van der Waals surface area (Å²) in [4.78, 5) is 36.5. The van der Waals surface area contributed by atoms with Gasteiger partial charge in [0.15, 0.2) is 6.61 Å². The third kappa shape index (κ3) is 4.73. The Labute approximate surface area is 179 Å². The molecular formula is C24H23NO6. The van der Waals surface area contributed by atoms with Crippen LogP contribution in [-0.4, -0.2) is 41.1 Å². The number of nitrogens with zero attached hydrogens (tertiary/aromatic N) is 1. The Bertz CT molecular complexity index is 1110. The molecule has 0 atom stereocenters. The van der Waals surface area contributed by atoms with Crippen molar-refractivity contribution in [3.05, 3.63) is 88.2 Å². The molecule has 0 saturated heterocycles. The normalized spacial score (nSPS) is 10.6. The van der Waals surface area contributed by atoms with E-state index >= 15 is 0 Å². The molecule has 7 heteroatoms. The van der Waals surface area contributed by atoms with E-state index in [9.17, 15) is 14.4 Å². The molecule has 3 aromatic rings. The maximum Gasteiger partial charge on any atom is 0.338 e. The van der Waals surface area contributed by atoms with E-state index in [1.54, 1.807) is 54.6 Å². The van der Waals surface area contributed by atoms with Crippen LogP contribution in [0, 0.1) is 13.8 Å². The predicted octanol–water partition coefficient (Wildman–Crippen LogP) is 3.41. The van der Waals surface area contributed by atoms with Gasteiger partial charge in [-0.15, -0.1) is 0 Å². The van der Waals surface area contributed by atoms with Gasteiger partial charge in [-0.3, -0.25) is 4.79 Å². The molecule has 2 aromatic carbocycles. The highest BCUT2D eigenvalue weighted by atomic mass is 16.5. The summed E-state index contributed by atoms with van der Waals surface area (Å²) in [5, 5.41) is 9.07. The van der Waals surface area contributed by atoms with Crippen molar-refractivity contribution >= 4 is 17.7 Å². The third-order valence-electron chi connectivity index (χ3n) is 4.98. The van der Waals surface area contributed by atoms with Gasteiger partial charge >= 0.3 is 11.9 Å². The fraction of sp³-hybridized carbons (Fsp3) is 0.208. The van der Waals surface area contributed by atoms with Crippen LogP contribution in [0.2, 0.25) is 0 Å². The lowest BCUT2D eigenvalue weighted by Crippen LogP contribution is -2.15. The van der Waals surface area contributed by atoms with Gasteiger partial charge in [0.1, 0.15) is 0 Å². The average molecular weight is 421 g/mol. The quantitative estimate of drug-likeness (QED) is 0.464. The SMILES string of the molecule is COC(=O)c1ccc(-n2c(C)cc(C(=O)COC(=O)c3ccc(CO)cc3)c2C)cc1. The Kier molecular flexibility index (Phi) is 6.67. The number of rotatable bonds is 7. The number of carbonyl (C=O) groups is 3. The smallest absolute Gasteiger partial charge is 0.338 e. The Morgan fingerprint density at radius 1 is 0.903 bits per heavy atom. The highest BCUT2D eigenvalue weighted by Crippen LogP contribution is 2.22. The third-order valence-corrected chi connectivity index (χ3v) is 4.98. The first-order valence-corrected chi connectivity index (χ1v) is 9.63. The van der Waals surface area contributed by atoms with Crippen molar-refractivity contribution in [2.45, 2.75) is 20.5 Å². The molecule has 1 N–H and O–H groups in total. The van der Waals surface area contributed by atoms with E-state index in [-0.39, 0.29) is 19.0 Å². The lowest BCUT2D eigenvalue weighted by Gasteiger charge is -2.11. The number of hydrogen-bond donors (Lipinski definition) is 1. The number of carbonyl (C=O) groups excluding carboxylic acids is 3. The molecular weight excluding hydrogens is 398 g/mol. The molecule has 3 rings (SSSR count). The molecule has 31 heavy (non-hydrogen) atoms. The van der Waals surface area contributed by atoms with Crippen molar-refractivity contribution in [2.24, 2.45) is 0 Å². The zero-order valence-electron chi connectivity index (χ0n) is 17.5. The van der Waals surface area contributed by atoms with Crippen molar-refractivity contribution in [3.63, 3.8) is 0 Å². The van der Waals surface area contributed by atoms with Crippen LogP contribution in [0.1, 0.15) is 48.0 Å². The highest BCUT2D eigenvalue weighted by molar-refractivity contribution is 6.00. The monoisotopic (exact) mass is 421 g/mol. The van der Waals surface area contributed by atoms with E-state index in [0.29, 0.717) is 27.9 Å². The first kappa shape index (κ1) is 22.0. The lowest BCUT2D eigenvalue weighted by molar-refractivity contribution is 0.0474. The van der Waals surface area contributed by atoms with E-state index in [2.05, 4.69) is 0 Å². The number of methoxy groups -OCH3 is 1. The van der Waals surface area contributed by atoms with Crippen molar-refractivity contribution < 1.29 is 29.0 Å². The summed E-state index contributed by atoms with van der Waals surface area (Å²) in [6.45, 7) is 3.18. The first-order chi connectivity index (χ1) is 14.8. The van der Waals surface area contributed by atoms with Crippen LogP contribution in [0.5, 0.6) is 0 Å². The van der Waals surface area contributed by atoms with E-state index < -0.39 is 11.9 Å². The number of esters is 2. The molecule has 0 saturated carbocycles. The zero-order chi connectivity index (χ0) is 22.5. The molecule has 1 aromatic heterocycles. The van der Waals surface area contributed by atoms with Crippen LogP contribution in [0.4, 0.5) is 0 Å². The predicted molar refractivity (Wildman–Crippen MR) is 114 cm³/mol. The number of ketones is 1. The van der Waals surface area contributed by atoms with Crippen LogP contribution in [0.25, 0.3) is 5.69 Å². The summed E-state index contributed by atoms with van der Waals surface area (Å²) in [5.74, 6) is -1.34. The average Bonchev–Trinajstić information content (AvgIpc) is 3.10. The van der Waals surface area contributed by atoms with Gasteiger partial charge in [0, 0.05) is 22.6 Å². The Morgan fingerprint density at radius 3 is 2.06 bits per heavy atom. The molecule has 0 spiro atoms. The van der Waals surface area contributed by atoms with Gasteiger partial charge in [0.2, 0.25) is 5.78 Å². The second-order valence-electron chi connectivity index (χ2n) is 7.01. The van der Waals surface area contributed by atoms with Crippen LogP contribution < -0.4 is 0 Å². The highest BCUT2D eigenvalue weighted by Gasteiger charge is 2.19. The number of aryl methyl sites for hydroxylation is 1. The van der Waals surface area contributed by atoms with Crippen molar-refractivity contribution in [1.82, 2.24) is 4.57 Å². The minimum absolute atomic E-state index is 0.116. The summed E-state index contributed by atoms with van der Waals surface area (Å²) in [6.07, 6.45) is 0. The van der Waals surface area contributed by atoms with Gasteiger partial charge in [0.05, 0.1) is 24.8 Å². The van der Waals surface area contributed by atoms with E-state index in [4.69, 9.17) is 14.6 Å². The van der Waals surface area contributed by atoms with Gasteiger partial charge in [0.25, 0.3) is 0 Å². The van der Waals surface area contributed by atoms with Crippen molar-refractivity contribution in [2.75, 3.05) is 13.7 Å². The first-order valence-electron chi connectivity index (χ1n) is 9.63. The van der Waals surface area contributed by atoms with Crippen molar-refractivity contribution in [3.8, 4) is 5.69 Å². The molecule has 160 valence electrons. The molecule has 0 aliphatic rings. The van der Waals surface area contributed by atoms with Crippen LogP contribution in [0.15, 0.2) is 54.6 Å². The standard InChI is InChI=1S/C24H23NO6/c1-15-12-21(16(2)25(15)20-10-8-18(9-11-20)23(28)30-3)22(27)14-31-24(29)19-6-4-17(13-26)5-7-19/h4-12,26H,13-14H2,1-3H3. The fourth-order valence-electron chi connectivity index (χ4n) is 3.35. The second-order valence-corrected chi connectivity index (χ2v) is 7.01. The Morgan fingerprint density at radius 2 is 1.48 bits per heavy atom. The van der Waals surface area contributed by atoms with E-state index in [1.165, 1.54) is 7.11 Å². The van der Waals surface area contributed by atoms with Crippen LogP contribution in [-0.2, 0) is 16.1 Å². The number of ether oxygens (including phenoxy) is 2. The lowest BCUT2D eigenvalue weighted by atomic mass is 10.1. The molecule has 0 radical (unpaired) electrons. The van der Waals surface area contributed by atoms with Gasteiger partial charge < -0.3 is 19.1 Å². The largest absolute Gasteiger partial charge is 0.465 e. The topological polar surface area (TPSA) is 94.8 Å². The zero-order valence-corrected chi connectivity index (χ0v) is 17.5. The number of Topliss-reactive ketones (excluding diaryl/α,β-unsaturated/α-hetero) is 1. The molecule has 7 nitrogen and oxygen atoms in total. The van der Waals surface area contributed by atoms with E-state index in [0.717, 1.165) is 11.4 Å². The molecule has 0 bridgehead atoms. The number of aromatic nitrogens is 1. The summed E-state index contributed by atoms with van der Waals surface area (Å²) >= 11 is 0. The second kappa shape index (κ2) is 9.40. The van der Waals surface area contributed by atoms with Gasteiger partial charge in [-0.25, -0.2) is 9.59 Å². The van der Waals surface area contributed by atoms with Crippen LogP contribution >= 0.6 is 0 Å². The molecule has 0 aliphatic heterocycles. The molecule has 0 aliphatic carbocycles. The maximum atomic E-state index is 12.7. The maximum absolute atomic E-state index is 12.7. The number of aliphatic hydroxyl groups excluding tert-OH is 1. The Hall–Kier alpha value is -3.71. The number of aliphatic hydroxyl groups is 1. The van der Waals surface area contributed by atoms with Gasteiger partial charge in [-0.2, -0.15) is 0 Å². The Balaban J connectivity index is 1.73. The summed E-state index contributed by atoms with van der Waals surface area (Å²) in [6, 6.07) is 14.9. The summed E-state index contributed by atoms with van der Waals surface area (Å²) in [5.41, 5.74) is 4.21. The number of benzene rings is 2. The van der Waals surface area contributed by atoms with Crippen LogP contribution in [0.3, 0.4) is 0 Å². The van der Waals surface area contributed by atoms with Gasteiger partial charge in [-0.05, 0) is 61.9 Å². The number of hydrogen-bond acceptors (Lipinski definition) is 6. The van der Waals surface area contributed by atoms with E-state index in [1.807, 2.05) is 18.4 Å². The summed E-state index contributed by atoms with van der Waals surface area (Å²) in [7, 11) is 1.32.